The summed E-state index contributed by atoms with van der Waals surface area (Å²) < 4.78 is 58.8. The van der Waals surface area contributed by atoms with Crippen LogP contribution in [0, 0.1) is 12.8 Å². The minimum Gasteiger partial charge on any atom is -0.496 e. The lowest BCUT2D eigenvalue weighted by Crippen LogP contribution is -2.52. The second-order valence-electron chi connectivity index (χ2n) is 10.9. The van der Waals surface area contributed by atoms with Crippen LogP contribution in [0.4, 0.5) is 18.9 Å². The van der Waals surface area contributed by atoms with E-state index in [1.54, 1.807) is 25.3 Å². The van der Waals surface area contributed by atoms with E-state index in [0.29, 0.717) is 11.3 Å². The third kappa shape index (κ3) is 4.64. The van der Waals surface area contributed by atoms with Crippen LogP contribution in [0.2, 0.25) is 0 Å². The quantitative estimate of drug-likeness (QED) is 0.181. The molecule has 2 atom stereocenters. The van der Waals surface area contributed by atoms with Gasteiger partial charge in [0.1, 0.15) is 16.9 Å². The number of benzene rings is 3. The second-order valence-corrected chi connectivity index (χ2v) is 10.9. The van der Waals surface area contributed by atoms with Crippen molar-refractivity contribution in [3.63, 3.8) is 0 Å². The van der Waals surface area contributed by atoms with Crippen LogP contribution in [0.15, 0.2) is 66.7 Å². The van der Waals surface area contributed by atoms with Crippen molar-refractivity contribution in [2.75, 3.05) is 19.5 Å². The standard InChI is InChI=1S/C33H34F3NO5/c1-21-27(40-2)20-19-26-28(21)37-29(38)31(26,22-11-7-4-5-8-12-22)23-15-17-25(18-16-23)42-30(39)32(41-3,33(34,35)36)24-13-9-6-10-14-24/h6,9-10,13-20,22H,4-5,7-8,11-12H2,1-3H3,(H,37,38)/t31-,32+/m0/s1. The maximum absolute atomic E-state index is 14.4. The van der Waals surface area contributed by atoms with Gasteiger partial charge in [-0.3, -0.25) is 4.79 Å². The first kappa shape index (κ1) is 29.6. The maximum Gasteiger partial charge on any atom is 0.432 e. The third-order valence-electron chi connectivity index (χ3n) is 8.82. The number of nitrogens with one attached hydrogen (secondary N) is 1. The van der Waals surface area contributed by atoms with Gasteiger partial charge in [0.05, 0.1) is 12.8 Å². The number of carbonyl (C=O) groups excluding carboxylic acids is 2. The molecule has 0 aromatic heterocycles. The van der Waals surface area contributed by atoms with Crippen molar-refractivity contribution >= 4 is 17.6 Å². The minimum atomic E-state index is -5.09. The zero-order valence-corrected chi connectivity index (χ0v) is 23.8. The van der Waals surface area contributed by atoms with Crippen molar-refractivity contribution in [1.82, 2.24) is 0 Å². The summed E-state index contributed by atoms with van der Waals surface area (Å²) in [6, 6.07) is 16.7. The summed E-state index contributed by atoms with van der Waals surface area (Å²) in [5.41, 5.74) is -1.63. The molecule has 3 aromatic carbocycles. The van der Waals surface area contributed by atoms with Gasteiger partial charge >= 0.3 is 12.1 Å². The number of rotatable bonds is 7. The number of ether oxygens (including phenoxy) is 3. The molecule has 0 radical (unpaired) electrons. The van der Waals surface area contributed by atoms with Crippen LogP contribution in [0.3, 0.4) is 0 Å². The molecule has 6 nitrogen and oxygen atoms in total. The predicted molar refractivity (Wildman–Crippen MR) is 152 cm³/mol. The van der Waals surface area contributed by atoms with E-state index in [2.05, 4.69) is 5.32 Å². The summed E-state index contributed by atoms with van der Waals surface area (Å²) in [6.07, 6.45) is 0.806. The number of hydrogen-bond donors (Lipinski definition) is 1. The van der Waals surface area contributed by atoms with E-state index in [-0.39, 0.29) is 23.1 Å². The van der Waals surface area contributed by atoms with Gasteiger partial charge in [0, 0.05) is 18.2 Å². The Labute approximate surface area is 243 Å². The predicted octanol–water partition coefficient (Wildman–Crippen LogP) is 7.22. The van der Waals surface area contributed by atoms with Crippen molar-refractivity contribution in [3.05, 3.63) is 89.0 Å². The largest absolute Gasteiger partial charge is 0.496 e. The summed E-state index contributed by atoms with van der Waals surface area (Å²) in [4.78, 5) is 27.2. The van der Waals surface area contributed by atoms with Gasteiger partial charge in [0.15, 0.2) is 0 Å². The smallest absolute Gasteiger partial charge is 0.432 e. The summed E-state index contributed by atoms with van der Waals surface area (Å²) in [7, 11) is 2.41. The summed E-state index contributed by atoms with van der Waals surface area (Å²) in [5.74, 6) is -1.18. The lowest BCUT2D eigenvalue weighted by atomic mass is 9.64. The summed E-state index contributed by atoms with van der Waals surface area (Å²) in [6.45, 7) is 1.90. The van der Waals surface area contributed by atoms with Gasteiger partial charge in [0.2, 0.25) is 5.91 Å². The molecule has 1 aliphatic heterocycles. The van der Waals surface area contributed by atoms with E-state index >= 15 is 0 Å². The number of anilines is 1. The molecule has 1 aliphatic carbocycles. The number of carbonyl (C=O) groups is 2. The highest BCUT2D eigenvalue weighted by Gasteiger charge is 2.64. The Hall–Kier alpha value is -3.85. The van der Waals surface area contributed by atoms with E-state index in [0.717, 1.165) is 62.4 Å². The molecule has 2 aliphatic rings. The highest BCUT2D eigenvalue weighted by Crippen LogP contribution is 2.54. The van der Waals surface area contributed by atoms with E-state index in [9.17, 15) is 22.8 Å². The van der Waals surface area contributed by atoms with Crippen LogP contribution in [0.25, 0.3) is 0 Å². The van der Waals surface area contributed by atoms with Crippen molar-refractivity contribution in [1.29, 1.82) is 0 Å². The first-order chi connectivity index (χ1) is 20.1. The molecule has 0 saturated heterocycles. The topological polar surface area (TPSA) is 73.9 Å². The van der Waals surface area contributed by atoms with Crippen LogP contribution in [0.1, 0.15) is 60.8 Å². The van der Waals surface area contributed by atoms with E-state index in [4.69, 9.17) is 14.2 Å². The van der Waals surface area contributed by atoms with Crippen molar-refractivity contribution in [2.24, 2.45) is 5.92 Å². The molecule has 0 unspecified atom stereocenters. The number of methoxy groups -OCH3 is 2. The van der Waals surface area contributed by atoms with Gasteiger partial charge in [-0.2, -0.15) is 13.2 Å². The number of amides is 1. The number of hydrogen-bond acceptors (Lipinski definition) is 5. The fourth-order valence-corrected chi connectivity index (χ4v) is 6.73. The Balaban J connectivity index is 1.55. The Kier molecular flexibility index (Phi) is 8.07. The Morgan fingerprint density at radius 2 is 1.55 bits per heavy atom. The average molecular weight is 582 g/mol. The first-order valence-electron chi connectivity index (χ1n) is 14.1. The molecule has 9 heteroatoms. The highest BCUT2D eigenvalue weighted by molar-refractivity contribution is 6.10. The Bertz CT molecular complexity index is 1450. The van der Waals surface area contributed by atoms with Gasteiger partial charge in [-0.15, -0.1) is 0 Å². The van der Waals surface area contributed by atoms with Crippen molar-refractivity contribution in [3.8, 4) is 11.5 Å². The van der Waals surface area contributed by atoms with Crippen LogP contribution in [-0.2, 0) is 25.3 Å². The van der Waals surface area contributed by atoms with Crippen LogP contribution >= 0.6 is 0 Å². The van der Waals surface area contributed by atoms with Crippen LogP contribution in [0.5, 0.6) is 11.5 Å². The fourth-order valence-electron chi connectivity index (χ4n) is 6.73. The molecule has 1 N–H and O–H groups in total. The molecule has 3 aromatic rings. The Morgan fingerprint density at radius 3 is 2.12 bits per heavy atom. The fraction of sp³-hybridized carbons (Fsp3) is 0.394. The zero-order valence-electron chi connectivity index (χ0n) is 23.8. The SMILES string of the molecule is COc1ccc2c(c1C)NC(=O)[C@]2(c1ccc(OC(=O)[C@](OC)(c2ccccc2)C(F)(F)F)cc1)C1CCCCCC1. The summed E-state index contributed by atoms with van der Waals surface area (Å²) in [5, 5.41) is 3.11. The zero-order chi connectivity index (χ0) is 30.1. The van der Waals surface area contributed by atoms with Crippen molar-refractivity contribution < 1.29 is 37.0 Å². The average Bonchev–Trinajstić information content (AvgIpc) is 3.10. The van der Waals surface area contributed by atoms with E-state index in [1.807, 2.05) is 19.1 Å². The van der Waals surface area contributed by atoms with Gasteiger partial charge in [-0.05, 0) is 55.0 Å². The van der Waals surface area contributed by atoms with Crippen LogP contribution < -0.4 is 14.8 Å². The third-order valence-corrected chi connectivity index (χ3v) is 8.82. The number of fused-ring (bicyclic) bond motifs is 1. The molecule has 222 valence electrons. The highest BCUT2D eigenvalue weighted by atomic mass is 19.4. The molecule has 1 saturated carbocycles. The molecule has 0 spiro atoms. The monoisotopic (exact) mass is 581 g/mol. The molecule has 1 heterocycles. The van der Waals surface area contributed by atoms with Crippen molar-refractivity contribution in [2.45, 2.75) is 62.6 Å². The summed E-state index contributed by atoms with van der Waals surface area (Å²) >= 11 is 0. The number of alkyl halides is 3. The van der Waals surface area contributed by atoms with Gasteiger partial charge in [-0.25, -0.2) is 4.79 Å². The molecule has 42 heavy (non-hydrogen) atoms. The second kappa shape index (κ2) is 11.4. The normalized spacial score (nSPS) is 20.7. The maximum atomic E-state index is 14.4. The first-order valence-corrected chi connectivity index (χ1v) is 14.1. The lowest BCUT2D eigenvalue weighted by Gasteiger charge is -2.36. The molecule has 1 fully saturated rings. The molecular formula is C33H34F3NO5. The van der Waals surface area contributed by atoms with Gasteiger partial charge < -0.3 is 19.5 Å². The molecule has 5 rings (SSSR count). The molecule has 0 bridgehead atoms. The minimum absolute atomic E-state index is 0.00639. The van der Waals surface area contributed by atoms with E-state index < -0.39 is 23.2 Å². The van der Waals surface area contributed by atoms with Gasteiger partial charge in [0.25, 0.3) is 5.60 Å². The Morgan fingerprint density at radius 1 is 0.905 bits per heavy atom. The van der Waals surface area contributed by atoms with Gasteiger partial charge in [-0.1, -0.05) is 74.2 Å². The number of halogens is 3. The molecule has 1 amide bonds. The van der Waals surface area contributed by atoms with Crippen LogP contribution in [-0.4, -0.2) is 32.3 Å². The number of esters is 1. The molecular weight excluding hydrogens is 547 g/mol. The lowest BCUT2D eigenvalue weighted by molar-refractivity contribution is -0.272. The van der Waals surface area contributed by atoms with E-state index in [1.165, 1.54) is 36.4 Å².